The Morgan fingerprint density at radius 2 is 2.27 bits per heavy atom. The Morgan fingerprint density at radius 3 is 3.05 bits per heavy atom. The Labute approximate surface area is 138 Å². The van der Waals surface area contributed by atoms with Crippen LogP contribution in [0.15, 0.2) is 29.0 Å². The molecule has 2 aromatic rings. The molecule has 1 aromatic carbocycles. The van der Waals surface area contributed by atoms with Gasteiger partial charge in [0.2, 0.25) is 5.91 Å². The summed E-state index contributed by atoms with van der Waals surface area (Å²) in [7, 11) is 3.60. The minimum Gasteiger partial charge on any atom is -0.497 e. The number of fused-ring (bicyclic) bond motifs is 1. The summed E-state index contributed by atoms with van der Waals surface area (Å²) in [5.41, 5.74) is 3.17. The number of halogens is 1. The molecule has 0 aliphatic carbocycles. The number of carbonyl (C=O) groups excluding carboxylic acids is 1. The fraction of sp³-hybridized carbons (Fsp3) is 0.375. The topological polar surface area (TPSA) is 47.4 Å². The summed E-state index contributed by atoms with van der Waals surface area (Å²) in [5.74, 6) is 0.915. The largest absolute Gasteiger partial charge is 0.497 e. The van der Waals surface area contributed by atoms with Gasteiger partial charge in [0.15, 0.2) is 4.73 Å². The molecule has 0 atom stereocenters. The lowest BCUT2D eigenvalue weighted by Crippen LogP contribution is -2.37. The van der Waals surface area contributed by atoms with E-state index < -0.39 is 0 Å². The zero-order chi connectivity index (χ0) is 15.7. The van der Waals surface area contributed by atoms with Gasteiger partial charge in [-0.05, 0) is 33.6 Å². The Hall–Kier alpha value is -1.82. The van der Waals surface area contributed by atoms with Gasteiger partial charge in [-0.2, -0.15) is 0 Å². The van der Waals surface area contributed by atoms with Crippen LogP contribution in [0.2, 0.25) is 0 Å². The van der Waals surface area contributed by atoms with Crippen molar-refractivity contribution < 1.29 is 9.53 Å². The first kappa shape index (κ1) is 15.1. The number of ether oxygens (including phenoxy) is 1. The van der Waals surface area contributed by atoms with Crippen molar-refractivity contribution in [2.75, 3.05) is 13.7 Å². The molecule has 1 amide bonds. The summed E-state index contributed by atoms with van der Waals surface area (Å²) < 4.78 is 8.02. The highest BCUT2D eigenvalue weighted by atomic mass is 79.9. The second kappa shape index (κ2) is 6.12. The molecule has 0 spiro atoms. The molecule has 5 nitrogen and oxygen atoms in total. The summed E-state index contributed by atoms with van der Waals surface area (Å²) in [6.07, 6.45) is 1.20. The van der Waals surface area contributed by atoms with Crippen LogP contribution in [0.1, 0.15) is 17.0 Å². The number of methoxy groups -OCH3 is 1. The second-order valence-electron chi connectivity index (χ2n) is 5.43. The number of amides is 1. The van der Waals surface area contributed by atoms with Crippen LogP contribution in [0.3, 0.4) is 0 Å². The van der Waals surface area contributed by atoms with Crippen LogP contribution in [0.25, 0.3) is 0 Å². The van der Waals surface area contributed by atoms with E-state index >= 15 is 0 Å². The van der Waals surface area contributed by atoms with Crippen LogP contribution in [-0.2, 0) is 31.2 Å². The number of hydrogen-bond acceptors (Lipinski definition) is 3. The first-order valence-corrected chi connectivity index (χ1v) is 7.98. The van der Waals surface area contributed by atoms with Gasteiger partial charge in [0, 0.05) is 20.0 Å². The van der Waals surface area contributed by atoms with Crippen molar-refractivity contribution in [2.24, 2.45) is 7.05 Å². The molecule has 0 radical (unpaired) electrons. The van der Waals surface area contributed by atoms with Crippen molar-refractivity contribution in [3.63, 3.8) is 0 Å². The molecule has 3 rings (SSSR count). The average Bonchev–Trinajstić information content (AvgIpc) is 2.82. The fourth-order valence-electron chi connectivity index (χ4n) is 2.74. The molecule has 0 N–H and O–H groups in total. The first-order chi connectivity index (χ1) is 10.6. The van der Waals surface area contributed by atoms with E-state index in [1.807, 2.05) is 40.8 Å². The standard InChI is InChI=1S/C16H18BrN3O2/c1-19-14-10-20(7-6-13(14)18-16(19)17)15(21)9-11-4-3-5-12(8-11)22-2/h3-5,8H,6-7,9-10H2,1-2H3. The smallest absolute Gasteiger partial charge is 0.227 e. The lowest BCUT2D eigenvalue weighted by molar-refractivity contribution is -0.131. The summed E-state index contributed by atoms with van der Waals surface area (Å²) in [6, 6.07) is 7.66. The fourth-order valence-corrected chi connectivity index (χ4v) is 3.16. The highest BCUT2D eigenvalue weighted by molar-refractivity contribution is 9.10. The van der Waals surface area contributed by atoms with Crippen molar-refractivity contribution in [1.29, 1.82) is 0 Å². The molecule has 0 unspecified atom stereocenters. The number of nitrogens with zero attached hydrogens (tertiary/aromatic N) is 3. The molecule has 0 saturated carbocycles. The lowest BCUT2D eigenvalue weighted by Gasteiger charge is -2.27. The van der Waals surface area contributed by atoms with Crippen LogP contribution in [-0.4, -0.2) is 34.0 Å². The monoisotopic (exact) mass is 363 g/mol. The van der Waals surface area contributed by atoms with Gasteiger partial charge in [0.1, 0.15) is 5.75 Å². The zero-order valence-corrected chi connectivity index (χ0v) is 14.3. The van der Waals surface area contributed by atoms with Crippen LogP contribution in [0.5, 0.6) is 5.75 Å². The molecule has 2 heterocycles. The van der Waals surface area contributed by atoms with Crippen molar-refractivity contribution in [3.05, 3.63) is 46.0 Å². The Balaban J connectivity index is 1.72. The molecule has 0 saturated heterocycles. The number of imidazole rings is 1. The third-order valence-electron chi connectivity index (χ3n) is 4.04. The summed E-state index contributed by atoms with van der Waals surface area (Å²) in [4.78, 5) is 18.9. The van der Waals surface area contributed by atoms with E-state index in [1.54, 1.807) is 7.11 Å². The minimum absolute atomic E-state index is 0.135. The van der Waals surface area contributed by atoms with Crippen molar-refractivity contribution in [1.82, 2.24) is 14.5 Å². The van der Waals surface area contributed by atoms with E-state index in [2.05, 4.69) is 20.9 Å². The van der Waals surface area contributed by atoms with Gasteiger partial charge in [-0.1, -0.05) is 12.1 Å². The third kappa shape index (κ3) is 2.88. The normalized spacial score (nSPS) is 13.9. The van der Waals surface area contributed by atoms with E-state index in [-0.39, 0.29) is 5.91 Å². The molecular formula is C16H18BrN3O2. The van der Waals surface area contributed by atoms with Gasteiger partial charge in [-0.25, -0.2) is 4.98 Å². The molecule has 6 heteroatoms. The van der Waals surface area contributed by atoms with Crippen LogP contribution >= 0.6 is 15.9 Å². The van der Waals surface area contributed by atoms with Crippen molar-refractivity contribution in [2.45, 2.75) is 19.4 Å². The number of carbonyl (C=O) groups is 1. The third-order valence-corrected chi connectivity index (χ3v) is 4.75. The van der Waals surface area contributed by atoms with Crippen LogP contribution < -0.4 is 4.74 Å². The predicted molar refractivity (Wildman–Crippen MR) is 86.7 cm³/mol. The molecule has 116 valence electrons. The van der Waals surface area contributed by atoms with E-state index in [4.69, 9.17) is 4.74 Å². The maximum atomic E-state index is 12.5. The predicted octanol–water partition coefficient (Wildman–Crippen LogP) is 2.32. The highest BCUT2D eigenvalue weighted by Gasteiger charge is 2.25. The number of benzene rings is 1. The Kier molecular flexibility index (Phi) is 4.20. The highest BCUT2D eigenvalue weighted by Crippen LogP contribution is 2.23. The van der Waals surface area contributed by atoms with E-state index in [0.717, 1.165) is 40.4 Å². The van der Waals surface area contributed by atoms with E-state index in [9.17, 15) is 4.79 Å². The van der Waals surface area contributed by atoms with Gasteiger partial charge in [-0.3, -0.25) is 4.79 Å². The number of aromatic nitrogens is 2. The van der Waals surface area contributed by atoms with Crippen LogP contribution in [0.4, 0.5) is 0 Å². The Bertz CT molecular complexity index is 711. The molecule has 1 aromatic heterocycles. The van der Waals surface area contributed by atoms with Gasteiger partial charge in [0.05, 0.1) is 31.5 Å². The number of rotatable bonds is 3. The summed E-state index contributed by atoms with van der Waals surface area (Å²) >= 11 is 3.44. The van der Waals surface area contributed by atoms with E-state index in [1.165, 1.54) is 0 Å². The lowest BCUT2D eigenvalue weighted by atomic mass is 10.1. The van der Waals surface area contributed by atoms with E-state index in [0.29, 0.717) is 13.0 Å². The maximum Gasteiger partial charge on any atom is 0.227 e. The SMILES string of the molecule is COc1cccc(CC(=O)N2CCc3nc(Br)n(C)c3C2)c1. The maximum absolute atomic E-state index is 12.5. The average molecular weight is 364 g/mol. The second-order valence-corrected chi connectivity index (χ2v) is 6.14. The molecule has 1 aliphatic rings. The van der Waals surface area contributed by atoms with Gasteiger partial charge >= 0.3 is 0 Å². The van der Waals surface area contributed by atoms with Gasteiger partial charge in [0.25, 0.3) is 0 Å². The van der Waals surface area contributed by atoms with Crippen molar-refractivity contribution >= 4 is 21.8 Å². The van der Waals surface area contributed by atoms with Gasteiger partial charge < -0.3 is 14.2 Å². The molecule has 1 aliphatic heterocycles. The molecule has 0 fully saturated rings. The quantitative estimate of drug-likeness (QED) is 0.840. The van der Waals surface area contributed by atoms with Gasteiger partial charge in [-0.15, -0.1) is 0 Å². The zero-order valence-electron chi connectivity index (χ0n) is 12.7. The summed E-state index contributed by atoms with van der Waals surface area (Å²) in [5, 5.41) is 0. The van der Waals surface area contributed by atoms with Crippen molar-refractivity contribution in [3.8, 4) is 5.75 Å². The molecule has 0 bridgehead atoms. The Morgan fingerprint density at radius 1 is 1.45 bits per heavy atom. The first-order valence-electron chi connectivity index (χ1n) is 7.19. The van der Waals surface area contributed by atoms with Crippen LogP contribution in [0, 0.1) is 0 Å². The summed E-state index contributed by atoms with van der Waals surface area (Å²) in [6.45, 7) is 1.34. The minimum atomic E-state index is 0.135. The molecule has 22 heavy (non-hydrogen) atoms. The molecular weight excluding hydrogens is 346 g/mol. The number of hydrogen-bond donors (Lipinski definition) is 0.